The first-order chi connectivity index (χ1) is 27.7. The second-order valence-electron chi connectivity index (χ2n) is 14.5. The summed E-state index contributed by atoms with van der Waals surface area (Å²) in [6, 6.07) is 77.8. The topological polar surface area (TPSA) is 3.24 Å². The van der Waals surface area contributed by atoms with Gasteiger partial charge in [-0.2, -0.15) is 0 Å². The van der Waals surface area contributed by atoms with Gasteiger partial charge in [0, 0.05) is 37.2 Å². The molecule has 11 aromatic rings. The molecule has 0 aliphatic heterocycles. The molecule has 0 aliphatic rings. The third-order valence-electron chi connectivity index (χ3n) is 11.2. The minimum Gasteiger partial charge on any atom is -0.310 e. The SMILES string of the molecule is c1ccc(-c2ccc(N(c3cccc(-c4cccc(-c5cc6ccccc6c6ccccc56)c4)c3)c3ccc4c(c3)sc3cc5ccccc5cc34)cc2)cc1. The van der Waals surface area contributed by atoms with Crippen LogP contribution in [0.1, 0.15) is 0 Å². The molecule has 0 radical (unpaired) electrons. The Morgan fingerprint density at radius 3 is 1.66 bits per heavy atom. The third kappa shape index (κ3) is 5.62. The number of fused-ring (bicyclic) bond motifs is 7. The van der Waals surface area contributed by atoms with E-state index in [0.29, 0.717) is 0 Å². The second kappa shape index (κ2) is 13.4. The number of hydrogen-bond donors (Lipinski definition) is 0. The fraction of sp³-hybridized carbons (Fsp3) is 0. The molecule has 11 rings (SSSR count). The zero-order valence-electron chi connectivity index (χ0n) is 30.6. The lowest BCUT2D eigenvalue weighted by Gasteiger charge is -2.26. The zero-order valence-corrected chi connectivity index (χ0v) is 31.4. The van der Waals surface area contributed by atoms with Crippen LogP contribution < -0.4 is 4.90 Å². The molecule has 0 spiro atoms. The Bertz CT molecular complexity index is 3250. The Hall–Kier alpha value is -7.00. The molecule has 1 aromatic heterocycles. The van der Waals surface area contributed by atoms with Crippen molar-refractivity contribution in [3.8, 4) is 33.4 Å². The third-order valence-corrected chi connectivity index (χ3v) is 12.3. The second-order valence-corrected chi connectivity index (χ2v) is 15.6. The van der Waals surface area contributed by atoms with E-state index in [2.05, 4.69) is 217 Å². The lowest BCUT2D eigenvalue weighted by molar-refractivity contribution is 1.29. The maximum atomic E-state index is 2.40. The Labute approximate surface area is 330 Å². The van der Waals surface area contributed by atoms with Gasteiger partial charge in [-0.3, -0.25) is 0 Å². The summed E-state index contributed by atoms with van der Waals surface area (Å²) in [6.07, 6.45) is 0. The van der Waals surface area contributed by atoms with Gasteiger partial charge in [-0.1, -0.05) is 152 Å². The van der Waals surface area contributed by atoms with E-state index in [9.17, 15) is 0 Å². The lowest BCUT2D eigenvalue weighted by atomic mass is 9.92. The van der Waals surface area contributed by atoms with Crippen LogP contribution in [0.15, 0.2) is 212 Å². The van der Waals surface area contributed by atoms with Gasteiger partial charge in [0.05, 0.1) is 0 Å². The van der Waals surface area contributed by atoms with Crippen molar-refractivity contribution >= 4 is 80.9 Å². The predicted molar refractivity (Wildman–Crippen MR) is 243 cm³/mol. The highest BCUT2D eigenvalue weighted by Gasteiger charge is 2.17. The summed E-state index contributed by atoms with van der Waals surface area (Å²) in [4.78, 5) is 2.40. The lowest BCUT2D eigenvalue weighted by Crippen LogP contribution is -2.09. The molecule has 56 heavy (non-hydrogen) atoms. The minimum atomic E-state index is 1.11. The smallest absolute Gasteiger partial charge is 0.0476 e. The molecular formula is C54H35NS. The average Bonchev–Trinajstić information content (AvgIpc) is 3.62. The average molecular weight is 730 g/mol. The van der Waals surface area contributed by atoms with Crippen LogP contribution in [0, 0.1) is 0 Å². The quantitative estimate of drug-likeness (QED) is 0.154. The number of nitrogens with zero attached hydrogens (tertiary/aromatic N) is 1. The first-order valence-corrected chi connectivity index (χ1v) is 20.0. The van der Waals surface area contributed by atoms with Crippen LogP contribution in [-0.4, -0.2) is 0 Å². The van der Waals surface area contributed by atoms with Crippen molar-refractivity contribution in [3.63, 3.8) is 0 Å². The molecule has 0 N–H and O–H groups in total. The van der Waals surface area contributed by atoms with Crippen LogP contribution in [0.2, 0.25) is 0 Å². The molecular weight excluding hydrogens is 695 g/mol. The molecule has 1 nitrogen and oxygen atoms in total. The van der Waals surface area contributed by atoms with Crippen molar-refractivity contribution in [1.29, 1.82) is 0 Å². The molecule has 0 saturated heterocycles. The van der Waals surface area contributed by atoms with Gasteiger partial charge in [-0.15, -0.1) is 11.3 Å². The molecule has 0 aliphatic carbocycles. The maximum Gasteiger partial charge on any atom is 0.0476 e. The van der Waals surface area contributed by atoms with Gasteiger partial charge in [0.25, 0.3) is 0 Å². The van der Waals surface area contributed by atoms with Gasteiger partial charge in [0.1, 0.15) is 0 Å². The Kier molecular flexibility index (Phi) is 7.75. The Morgan fingerprint density at radius 1 is 0.268 bits per heavy atom. The van der Waals surface area contributed by atoms with Crippen LogP contribution in [-0.2, 0) is 0 Å². The van der Waals surface area contributed by atoms with Crippen LogP contribution >= 0.6 is 11.3 Å². The fourth-order valence-corrected chi connectivity index (χ4v) is 9.62. The van der Waals surface area contributed by atoms with Gasteiger partial charge >= 0.3 is 0 Å². The van der Waals surface area contributed by atoms with Gasteiger partial charge in [-0.25, -0.2) is 0 Å². The highest BCUT2D eigenvalue weighted by Crippen LogP contribution is 2.43. The van der Waals surface area contributed by atoms with E-state index in [0.717, 1.165) is 17.1 Å². The predicted octanol–water partition coefficient (Wildman–Crippen LogP) is 16.0. The summed E-state index contributed by atoms with van der Waals surface area (Å²) in [6.45, 7) is 0. The highest BCUT2D eigenvalue weighted by molar-refractivity contribution is 7.25. The van der Waals surface area contributed by atoms with Crippen molar-refractivity contribution in [2.45, 2.75) is 0 Å². The van der Waals surface area contributed by atoms with E-state index in [4.69, 9.17) is 0 Å². The number of anilines is 3. The molecule has 262 valence electrons. The van der Waals surface area contributed by atoms with Crippen LogP contribution in [0.5, 0.6) is 0 Å². The van der Waals surface area contributed by atoms with Crippen LogP contribution in [0.4, 0.5) is 17.1 Å². The minimum absolute atomic E-state index is 1.11. The first kappa shape index (κ1) is 32.4. The number of hydrogen-bond acceptors (Lipinski definition) is 2. The summed E-state index contributed by atoms with van der Waals surface area (Å²) in [5, 5.41) is 10.3. The van der Waals surface area contributed by atoms with Crippen molar-refractivity contribution in [1.82, 2.24) is 0 Å². The van der Waals surface area contributed by atoms with Crippen molar-refractivity contribution in [2.24, 2.45) is 0 Å². The monoisotopic (exact) mass is 729 g/mol. The zero-order chi connectivity index (χ0) is 37.0. The summed E-state index contributed by atoms with van der Waals surface area (Å²) in [7, 11) is 0. The molecule has 0 bridgehead atoms. The van der Waals surface area contributed by atoms with E-state index < -0.39 is 0 Å². The van der Waals surface area contributed by atoms with Crippen molar-refractivity contribution in [3.05, 3.63) is 212 Å². The van der Waals surface area contributed by atoms with Crippen molar-refractivity contribution < 1.29 is 0 Å². The van der Waals surface area contributed by atoms with Gasteiger partial charge in [0.2, 0.25) is 0 Å². The molecule has 0 amide bonds. The molecule has 0 unspecified atom stereocenters. The number of thiophene rings is 1. The maximum absolute atomic E-state index is 2.40. The molecule has 0 fully saturated rings. The van der Waals surface area contributed by atoms with Gasteiger partial charge in [0.15, 0.2) is 0 Å². The summed E-state index contributed by atoms with van der Waals surface area (Å²) in [5.74, 6) is 0. The highest BCUT2D eigenvalue weighted by atomic mass is 32.1. The molecule has 10 aromatic carbocycles. The number of rotatable bonds is 6. The van der Waals surface area contributed by atoms with E-state index >= 15 is 0 Å². The van der Waals surface area contributed by atoms with E-state index in [1.165, 1.54) is 85.9 Å². The van der Waals surface area contributed by atoms with Crippen LogP contribution in [0.25, 0.3) is 85.9 Å². The van der Waals surface area contributed by atoms with E-state index in [1.54, 1.807) is 0 Å². The largest absolute Gasteiger partial charge is 0.310 e. The summed E-state index contributed by atoms with van der Waals surface area (Å²) < 4.78 is 2.60. The summed E-state index contributed by atoms with van der Waals surface area (Å²) in [5.41, 5.74) is 10.6. The standard InChI is InChI=1S/C54H35NS/c1-2-12-36(13-3-1)37-24-26-44(27-25-37)55(46-28-29-50-52-32-40-14-4-5-15-41(40)34-53(52)56-54(50)35-46)45-20-11-18-39(31-45)38-17-10-19-42(30-38)51-33-43-16-6-7-21-47(43)48-22-8-9-23-49(48)51/h1-35H. The Balaban J connectivity index is 1.04. The van der Waals surface area contributed by atoms with E-state index in [1.807, 2.05) is 11.3 Å². The van der Waals surface area contributed by atoms with Crippen molar-refractivity contribution in [2.75, 3.05) is 4.90 Å². The first-order valence-electron chi connectivity index (χ1n) is 19.2. The molecule has 0 saturated carbocycles. The van der Waals surface area contributed by atoms with Gasteiger partial charge < -0.3 is 4.90 Å². The fourth-order valence-electron chi connectivity index (χ4n) is 8.45. The molecule has 0 atom stereocenters. The Morgan fingerprint density at radius 2 is 0.839 bits per heavy atom. The molecule has 1 heterocycles. The molecule has 2 heteroatoms. The van der Waals surface area contributed by atoms with Crippen LogP contribution in [0.3, 0.4) is 0 Å². The normalized spacial score (nSPS) is 11.6. The number of benzene rings is 10. The van der Waals surface area contributed by atoms with E-state index in [-0.39, 0.29) is 0 Å². The van der Waals surface area contributed by atoms with Gasteiger partial charge in [-0.05, 0) is 126 Å². The summed E-state index contributed by atoms with van der Waals surface area (Å²) >= 11 is 1.87.